The van der Waals surface area contributed by atoms with Gasteiger partial charge in [0.15, 0.2) is 0 Å². The highest BCUT2D eigenvalue weighted by Crippen LogP contribution is 2.22. The molecule has 0 saturated carbocycles. The number of nitrogens with zero attached hydrogens (tertiary/aromatic N) is 3. The van der Waals surface area contributed by atoms with Gasteiger partial charge in [-0.2, -0.15) is 5.10 Å². The average molecular weight is 235 g/mol. The molecule has 1 atom stereocenters. The highest BCUT2D eigenvalue weighted by Gasteiger charge is 2.27. The minimum Gasteiger partial charge on any atom is -0.336 e. The van der Waals surface area contributed by atoms with E-state index < -0.39 is 0 Å². The Balaban J connectivity index is 2.21. The number of amides is 1. The fourth-order valence-corrected chi connectivity index (χ4v) is 2.66. The summed E-state index contributed by atoms with van der Waals surface area (Å²) in [6.07, 6.45) is 6.39. The van der Waals surface area contributed by atoms with E-state index in [-0.39, 0.29) is 5.91 Å². The van der Waals surface area contributed by atoms with Crippen LogP contribution in [0.5, 0.6) is 0 Å². The standard InChI is InChI=1S/C13H21N3O/c1-4-11-7-5-6-8-16(11)13(17)12-9-15(3)14-10(12)2/h9,11H,4-8H2,1-3H3. The molecule has 1 aliphatic heterocycles. The molecule has 1 aromatic rings. The smallest absolute Gasteiger partial charge is 0.257 e. The first-order valence-electron chi connectivity index (χ1n) is 6.44. The van der Waals surface area contributed by atoms with E-state index in [1.54, 1.807) is 4.68 Å². The zero-order chi connectivity index (χ0) is 12.4. The van der Waals surface area contributed by atoms with Crippen molar-refractivity contribution in [2.45, 2.75) is 45.6 Å². The summed E-state index contributed by atoms with van der Waals surface area (Å²) in [6.45, 7) is 4.95. The van der Waals surface area contributed by atoms with E-state index >= 15 is 0 Å². The topological polar surface area (TPSA) is 38.1 Å². The van der Waals surface area contributed by atoms with E-state index in [0.717, 1.165) is 37.1 Å². The van der Waals surface area contributed by atoms with Gasteiger partial charge < -0.3 is 4.90 Å². The number of rotatable bonds is 2. The molecular weight excluding hydrogens is 214 g/mol. The molecular formula is C13H21N3O. The van der Waals surface area contributed by atoms with Crippen LogP contribution in [0.4, 0.5) is 0 Å². The van der Waals surface area contributed by atoms with Gasteiger partial charge >= 0.3 is 0 Å². The lowest BCUT2D eigenvalue weighted by atomic mass is 9.99. The van der Waals surface area contributed by atoms with Gasteiger partial charge in [0.2, 0.25) is 0 Å². The Hall–Kier alpha value is -1.32. The van der Waals surface area contributed by atoms with Crippen molar-refractivity contribution < 1.29 is 4.79 Å². The molecule has 1 saturated heterocycles. The number of carbonyl (C=O) groups is 1. The van der Waals surface area contributed by atoms with Crippen LogP contribution in [0, 0.1) is 6.92 Å². The van der Waals surface area contributed by atoms with E-state index in [1.165, 1.54) is 6.42 Å². The van der Waals surface area contributed by atoms with Crippen molar-refractivity contribution >= 4 is 5.91 Å². The summed E-state index contributed by atoms with van der Waals surface area (Å²) < 4.78 is 1.72. The predicted octanol–water partition coefficient (Wildman–Crippen LogP) is 2.13. The quantitative estimate of drug-likeness (QED) is 0.787. The average Bonchev–Trinajstić information content (AvgIpc) is 2.67. The van der Waals surface area contributed by atoms with E-state index in [0.29, 0.717) is 6.04 Å². The number of piperidine rings is 1. The molecule has 1 aromatic heterocycles. The first kappa shape index (κ1) is 12.1. The van der Waals surface area contributed by atoms with E-state index in [9.17, 15) is 4.79 Å². The van der Waals surface area contributed by atoms with Crippen LogP contribution in [-0.2, 0) is 7.05 Å². The van der Waals surface area contributed by atoms with Gasteiger partial charge in [-0.25, -0.2) is 0 Å². The highest BCUT2D eigenvalue weighted by atomic mass is 16.2. The van der Waals surface area contributed by atoms with Crippen molar-refractivity contribution in [1.29, 1.82) is 0 Å². The maximum Gasteiger partial charge on any atom is 0.257 e. The molecule has 94 valence electrons. The highest BCUT2D eigenvalue weighted by molar-refractivity contribution is 5.95. The van der Waals surface area contributed by atoms with Gasteiger partial charge in [-0.15, -0.1) is 0 Å². The lowest BCUT2D eigenvalue weighted by Crippen LogP contribution is -2.43. The Morgan fingerprint density at radius 1 is 1.53 bits per heavy atom. The molecule has 0 spiro atoms. The summed E-state index contributed by atoms with van der Waals surface area (Å²) in [5.74, 6) is 0.155. The third-order valence-electron chi connectivity index (χ3n) is 3.60. The number of hydrogen-bond donors (Lipinski definition) is 0. The lowest BCUT2D eigenvalue weighted by Gasteiger charge is -2.35. The van der Waals surface area contributed by atoms with Crippen LogP contribution in [-0.4, -0.2) is 33.2 Å². The summed E-state index contributed by atoms with van der Waals surface area (Å²) in [4.78, 5) is 14.5. The van der Waals surface area contributed by atoms with Gasteiger partial charge in [0, 0.05) is 25.8 Å². The monoisotopic (exact) mass is 235 g/mol. The second-order valence-electron chi connectivity index (χ2n) is 4.86. The van der Waals surface area contributed by atoms with E-state index in [4.69, 9.17) is 0 Å². The molecule has 2 rings (SSSR count). The van der Waals surface area contributed by atoms with Crippen LogP contribution in [0.3, 0.4) is 0 Å². The summed E-state index contributed by atoms with van der Waals surface area (Å²) in [7, 11) is 1.86. The Bertz CT molecular complexity index is 411. The number of hydrogen-bond acceptors (Lipinski definition) is 2. The Kier molecular flexibility index (Phi) is 3.50. The molecule has 1 aliphatic rings. The maximum atomic E-state index is 12.5. The van der Waals surface area contributed by atoms with E-state index in [1.807, 2.05) is 25.1 Å². The number of aromatic nitrogens is 2. The van der Waals surface area contributed by atoms with Crippen molar-refractivity contribution in [2.75, 3.05) is 6.54 Å². The first-order valence-corrected chi connectivity index (χ1v) is 6.44. The zero-order valence-electron chi connectivity index (χ0n) is 10.9. The van der Waals surface area contributed by atoms with Crippen LogP contribution < -0.4 is 0 Å². The predicted molar refractivity (Wildman–Crippen MR) is 66.9 cm³/mol. The molecule has 2 heterocycles. The normalized spacial score (nSPS) is 20.6. The Morgan fingerprint density at radius 2 is 2.29 bits per heavy atom. The number of likely N-dealkylation sites (tertiary alicyclic amines) is 1. The van der Waals surface area contributed by atoms with Gasteiger partial charge in [-0.1, -0.05) is 6.92 Å². The molecule has 0 N–H and O–H groups in total. The summed E-state index contributed by atoms with van der Waals surface area (Å²) >= 11 is 0. The van der Waals surface area contributed by atoms with Gasteiger partial charge in [0.25, 0.3) is 5.91 Å². The first-order chi connectivity index (χ1) is 8.13. The largest absolute Gasteiger partial charge is 0.336 e. The van der Waals surface area contributed by atoms with E-state index in [2.05, 4.69) is 12.0 Å². The van der Waals surface area contributed by atoms with Crippen LogP contribution in [0.25, 0.3) is 0 Å². The molecule has 1 unspecified atom stereocenters. The summed E-state index contributed by atoms with van der Waals surface area (Å²) in [5.41, 5.74) is 1.59. The molecule has 1 fully saturated rings. The van der Waals surface area contributed by atoms with Gasteiger partial charge in [0.05, 0.1) is 11.3 Å². The molecule has 0 bridgehead atoms. The molecule has 0 aliphatic carbocycles. The van der Waals surface area contributed by atoms with Crippen LogP contribution in [0.1, 0.15) is 48.7 Å². The fourth-order valence-electron chi connectivity index (χ4n) is 2.66. The second-order valence-corrected chi connectivity index (χ2v) is 4.86. The lowest BCUT2D eigenvalue weighted by molar-refractivity contribution is 0.0607. The molecule has 17 heavy (non-hydrogen) atoms. The number of carbonyl (C=O) groups excluding carboxylic acids is 1. The summed E-state index contributed by atoms with van der Waals surface area (Å²) in [6, 6.07) is 0.413. The maximum absolute atomic E-state index is 12.5. The van der Waals surface area contributed by atoms with Crippen LogP contribution >= 0.6 is 0 Å². The van der Waals surface area contributed by atoms with Crippen molar-refractivity contribution in [3.05, 3.63) is 17.5 Å². The van der Waals surface area contributed by atoms with Crippen LogP contribution in [0.15, 0.2) is 6.20 Å². The molecule has 1 amide bonds. The zero-order valence-corrected chi connectivity index (χ0v) is 10.9. The SMILES string of the molecule is CCC1CCCCN1C(=O)c1cn(C)nc1C. The van der Waals surface area contributed by atoms with Crippen molar-refractivity contribution in [1.82, 2.24) is 14.7 Å². The minimum absolute atomic E-state index is 0.155. The molecule has 0 aromatic carbocycles. The van der Waals surface area contributed by atoms with Crippen molar-refractivity contribution in [2.24, 2.45) is 7.05 Å². The van der Waals surface area contributed by atoms with Crippen molar-refractivity contribution in [3.63, 3.8) is 0 Å². The summed E-state index contributed by atoms with van der Waals surface area (Å²) in [5, 5.41) is 4.25. The van der Waals surface area contributed by atoms with Crippen molar-refractivity contribution in [3.8, 4) is 0 Å². The van der Waals surface area contributed by atoms with Gasteiger partial charge in [0.1, 0.15) is 0 Å². The van der Waals surface area contributed by atoms with Crippen LogP contribution in [0.2, 0.25) is 0 Å². The Labute approximate surface area is 103 Å². The Morgan fingerprint density at radius 3 is 2.88 bits per heavy atom. The fraction of sp³-hybridized carbons (Fsp3) is 0.692. The molecule has 0 radical (unpaired) electrons. The number of aryl methyl sites for hydroxylation is 2. The third kappa shape index (κ3) is 2.35. The molecule has 4 heteroatoms. The minimum atomic E-state index is 0.155. The second kappa shape index (κ2) is 4.90. The van der Waals surface area contributed by atoms with Gasteiger partial charge in [-0.05, 0) is 32.6 Å². The third-order valence-corrected chi connectivity index (χ3v) is 3.60. The molecule has 4 nitrogen and oxygen atoms in total. The van der Waals surface area contributed by atoms with Gasteiger partial charge in [-0.3, -0.25) is 9.48 Å².